The summed E-state index contributed by atoms with van der Waals surface area (Å²) in [5.74, 6) is 0.823. The van der Waals surface area contributed by atoms with Crippen molar-refractivity contribution in [3.8, 4) is 11.4 Å². The number of nitrogens with zero attached hydrogens (tertiary/aromatic N) is 3. The van der Waals surface area contributed by atoms with E-state index in [1.165, 1.54) is 5.56 Å². The van der Waals surface area contributed by atoms with Crippen molar-refractivity contribution in [2.45, 2.75) is 19.4 Å². The average Bonchev–Trinajstić information content (AvgIpc) is 2.92. The van der Waals surface area contributed by atoms with Gasteiger partial charge in [0.15, 0.2) is 10.6 Å². The van der Waals surface area contributed by atoms with Crippen molar-refractivity contribution in [1.29, 1.82) is 0 Å². The van der Waals surface area contributed by atoms with Gasteiger partial charge in [0.25, 0.3) is 0 Å². The van der Waals surface area contributed by atoms with Gasteiger partial charge in [-0.3, -0.25) is 14.6 Å². The largest absolute Gasteiger partial charge is 0.292 e. The van der Waals surface area contributed by atoms with Gasteiger partial charge in [0, 0.05) is 18.0 Å². The van der Waals surface area contributed by atoms with Crippen molar-refractivity contribution < 1.29 is 0 Å². The molecule has 2 heterocycles. The van der Waals surface area contributed by atoms with Crippen LogP contribution in [-0.2, 0) is 0 Å². The van der Waals surface area contributed by atoms with Crippen LogP contribution in [0.3, 0.4) is 0 Å². The summed E-state index contributed by atoms with van der Waals surface area (Å²) < 4.78 is 2.70. The van der Waals surface area contributed by atoms with E-state index < -0.39 is 0 Å². The maximum atomic E-state index is 5.44. The lowest BCUT2D eigenvalue weighted by Crippen LogP contribution is -2.11. The molecule has 0 spiro atoms. The zero-order valence-corrected chi connectivity index (χ0v) is 12.5. The van der Waals surface area contributed by atoms with Crippen LogP contribution in [0.15, 0.2) is 54.9 Å². The summed E-state index contributed by atoms with van der Waals surface area (Å²) in [6.45, 7) is 2.15. The number of nitrogens with one attached hydrogen (secondary N) is 1. The van der Waals surface area contributed by atoms with Crippen molar-refractivity contribution in [2.24, 2.45) is 0 Å². The first-order valence-electron chi connectivity index (χ1n) is 6.93. The number of aromatic amines is 1. The van der Waals surface area contributed by atoms with Crippen molar-refractivity contribution in [1.82, 2.24) is 19.7 Å². The predicted octanol–water partition coefficient (Wildman–Crippen LogP) is 4.00. The van der Waals surface area contributed by atoms with Gasteiger partial charge < -0.3 is 0 Å². The molecule has 0 bridgehead atoms. The van der Waals surface area contributed by atoms with Crippen LogP contribution in [0.5, 0.6) is 0 Å². The molecule has 0 saturated carbocycles. The number of benzene rings is 1. The lowest BCUT2D eigenvalue weighted by atomic mass is 10.0. The molecule has 1 N–H and O–H groups in total. The second kappa shape index (κ2) is 6.01. The molecule has 1 unspecified atom stereocenters. The standard InChI is InChI=1S/C16H16N4S/c1-2-14(12-7-4-3-5-8-12)20-15(18-19-16(20)21)13-9-6-10-17-11-13/h3-11,14H,2H2,1H3,(H,19,21). The van der Waals surface area contributed by atoms with Gasteiger partial charge in [-0.2, -0.15) is 5.10 Å². The van der Waals surface area contributed by atoms with Gasteiger partial charge in [0.05, 0.1) is 6.04 Å². The Morgan fingerprint density at radius 1 is 1.19 bits per heavy atom. The van der Waals surface area contributed by atoms with E-state index in [0.717, 1.165) is 17.8 Å². The van der Waals surface area contributed by atoms with E-state index in [1.54, 1.807) is 12.4 Å². The Labute approximate surface area is 128 Å². The molecule has 0 aliphatic carbocycles. The van der Waals surface area contributed by atoms with E-state index in [4.69, 9.17) is 12.2 Å². The molecule has 0 radical (unpaired) electrons. The fraction of sp³-hybridized carbons (Fsp3) is 0.188. The van der Waals surface area contributed by atoms with Crippen LogP contribution in [0.4, 0.5) is 0 Å². The van der Waals surface area contributed by atoms with Gasteiger partial charge in [0.1, 0.15) is 0 Å². The number of H-pyrrole nitrogens is 1. The summed E-state index contributed by atoms with van der Waals surface area (Å²) in [5, 5.41) is 7.29. The lowest BCUT2D eigenvalue weighted by Gasteiger charge is -2.19. The van der Waals surface area contributed by atoms with Gasteiger partial charge in [-0.25, -0.2) is 0 Å². The summed E-state index contributed by atoms with van der Waals surface area (Å²) in [4.78, 5) is 4.17. The van der Waals surface area contributed by atoms with Crippen LogP contribution < -0.4 is 0 Å². The number of pyridine rings is 1. The molecule has 106 valence electrons. The number of aromatic nitrogens is 4. The zero-order valence-electron chi connectivity index (χ0n) is 11.7. The molecule has 21 heavy (non-hydrogen) atoms. The van der Waals surface area contributed by atoms with Crippen LogP contribution in [0.25, 0.3) is 11.4 Å². The molecular weight excluding hydrogens is 280 g/mol. The molecule has 0 aliphatic heterocycles. The summed E-state index contributed by atoms with van der Waals surface area (Å²) >= 11 is 5.44. The highest BCUT2D eigenvalue weighted by molar-refractivity contribution is 7.71. The molecule has 1 atom stereocenters. The first-order chi connectivity index (χ1) is 10.3. The van der Waals surface area contributed by atoms with E-state index in [2.05, 4.69) is 38.8 Å². The van der Waals surface area contributed by atoms with Crippen LogP contribution in [-0.4, -0.2) is 19.7 Å². The fourth-order valence-electron chi connectivity index (χ4n) is 2.54. The van der Waals surface area contributed by atoms with Gasteiger partial charge >= 0.3 is 0 Å². The molecule has 3 rings (SSSR count). The third-order valence-electron chi connectivity index (χ3n) is 3.51. The fourth-order valence-corrected chi connectivity index (χ4v) is 2.79. The predicted molar refractivity (Wildman–Crippen MR) is 85.5 cm³/mol. The summed E-state index contributed by atoms with van der Waals surface area (Å²) in [7, 11) is 0. The summed E-state index contributed by atoms with van der Waals surface area (Å²) in [6, 6.07) is 14.4. The molecule has 5 heteroatoms. The maximum absolute atomic E-state index is 5.44. The van der Waals surface area contributed by atoms with Gasteiger partial charge in [-0.05, 0) is 36.3 Å². The van der Waals surface area contributed by atoms with Crippen LogP contribution in [0.2, 0.25) is 0 Å². The topological polar surface area (TPSA) is 46.5 Å². The van der Waals surface area contributed by atoms with Crippen molar-refractivity contribution in [2.75, 3.05) is 0 Å². The average molecular weight is 296 g/mol. The minimum absolute atomic E-state index is 0.160. The van der Waals surface area contributed by atoms with Gasteiger partial charge in [-0.15, -0.1) is 0 Å². The quantitative estimate of drug-likeness (QED) is 0.740. The van der Waals surface area contributed by atoms with Gasteiger partial charge in [-0.1, -0.05) is 37.3 Å². The monoisotopic (exact) mass is 296 g/mol. The third kappa shape index (κ3) is 2.64. The maximum Gasteiger partial charge on any atom is 0.196 e. The smallest absolute Gasteiger partial charge is 0.196 e. The molecule has 1 aromatic carbocycles. The highest BCUT2D eigenvalue weighted by Gasteiger charge is 2.18. The molecule has 0 amide bonds. The molecule has 0 saturated heterocycles. The van der Waals surface area contributed by atoms with Crippen molar-refractivity contribution in [3.63, 3.8) is 0 Å². The minimum Gasteiger partial charge on any atom is -0.292 e. The minimum atomic E-state index is 0.160. The molecule has 3 aromatic rings. The third-order valence-corrected chi connectivity index (χ3v) is 3.79. The molecule has 0 fully saturated rings. The Balaban J connectivity index is 2.14. The molecule has 2 aromatic heterocycles. The van der Waals surface area contributed by atoms with Crippen LogP contribution >= 0.6 is 12.2 Å². The van der Waals surface area contributed by atoms with Crippen LogP contribution in [0.1, 0.15) is 24.9 Å². The van der Waals surface area contributed by atoms with E-state index in [1.807, 2.05) is 30.3 Å². The lowest BCUT2D eigenvalue weighted by molar-refractivity contribution is 0.564. The highest BCUT2D eigenvalue weighted by atomic mass is 32.1. The number of hydrogen-bond donors (Lipinski definition) is 1. The molecule has 4 nitrogen and oxygen atoms in total. The highest BCUT2D eigenvalue weighted by Crippen LogP contribution is 2.27. The van der Waals surface area contributed by atoms with E-state index >= 15 is 0 Å². The Kier molecular flexibility index (Phi) is 3.92. The summed E-state index contributed by atoms with van der Waals surface area (Å²) in [6.07, 6.45) is 4.49. The van der Waals surface area contributed by atoms with Crippen molar-refractivity contribution >= 4 is 12.2 Å². The van der Waals surface area contributed by atoms with E-state index in [0.29, 0.717) is 4.77 Å². The zero-order chi connectivity index (χ0) is 14.7. The first kappa shape index (κ1) is 13.7. The SMILES string of the molecule is CCC(c1ccccc1)n1c(-c2cccnc2)n[nH]c1=S. The van der Waals surface area contributed by atoms with E-state index in [-0.39, 0.29) is 6.04 Å². The first-order valence-corrected chi connectivity index (χ1v) is 7.34. The molecule has 0 aliphatic rings. The second-order valence-electron chi connectivity index (χ2n) is 4.80. The Bertz CT molecular complexity index is 762. The Hall–Kier alpha value is -2.27. The van der Waals surface area contributed by atoms with E-state index in [9.17, 15) is 0 Å². The Morgan fingerprint density at radius 2 is 2.00 bits per heavy atom. The number of rotatable bonds is 4. The van der Waals surface area contributed by atoms with Gasteiger partial charge in [0.2, 0.25) is 0 Å². The number of hydrogen-bond acceptors (Lipinski definition) is 3. The summed E-state index contributed by atoms with van der Waals surface area (Å²) in [5.41, 5.74) is 2.18. The Morgan fingerprint density at radius 3 is 2.67 bits per heavy atom. The normalized spacial score (nSPS) is 12.2. The van der Waals surface area contributed by atoms with Crippen LogP contribution in [0, 0.1) is 4.77 Å². The second-order valence-corrected chi connectivity index (χ2v) is 5.19. The van der Waals surface area contributed by atoms with Crippen molar-refractivity contribution in [3.05, 3.63) is 65.2 Å². The molecular formula is C16H16N4S.